The number of likely N-dealkylation sites (N-methyl/N-ethyl adjacent to an activating group) is 1. The minimum atomic E-state index is -0.00972. The first kappa shape index (κ1) is 13.8. The van der Waals surface area contributed by atoms with E-state index in [0.29, 0.717) is 10.6 Å². The summed E-state index contributed by atoms with van der Waals surface area (Å²) in [5.74, 6) is -0.00972. The molecule has 1 aromatic carbocycles. The molecule has 0 aromatic heterocycles. The lowest BCUT2D eigenvalue weighted by Gasteiger charge is -2.23. The average Bonchev–Trinajstić information content (AvgIpc) is 2.24. The van der Waals surface area contributed by atoms with Gasteiger partial charge in [0.2, 0.25) is 0 Å². The molecule has 0 saturated carbocycles. The highest BCUT2D eigenvalue weighted by molar-refractivity contribution is 6.34. The Morgan fingerprint density at radius 1 is 1.41 bits per heavy atom. The minimum absolute atomic E-state index is 0.00972. The summed E-state index contributed by atoms with van der Waals surface area (Å²) >= 11 is 6.09. The molecule has 92 valence electrons. The predicted molar refractivity (Wildman–Crippen MR) is 74.2 cm³/mol. The molecule has 3 heteroatoms. The molecule has 17 heavy (non-hydrogen) atoms. The number of ketones is 1. The fraction of sp³-hybridized carbons (Fsp3) is 0.357. The summed E-state index contributed by atoms with van der Waals surface area (Å²) in [5, 5.41) is 0.509. The molecule has 0 aliphatic carbocycles. The van der Waals surface area contributed by atoms with Gasteiger partial charge in [0.05, 0.1) is 5.02 Å². The maximum atomic E-state index is 11.3. The van der Waals surface area contributed by atoms with Gasteiger partial charge in [-0.3, -0.25) is 4.79 Å². The number of benzene rings is 1. The molecule has 0 N–H and O–H groups in total. The second-order valence-electron chi connectivity index (χ2n) is 4.19. The fourth-order valence-electron chi connectivity index (χ4n) is 1.70. The zero-order valence-electron chi connectivity index (χ0n) is 10.6. The lowest BCUT2D eigenvalue weighted by Crippen LogP contribution is -2.24. The van der Waals surface area contributed by atoms with Crippen molar-refractivity contribution in [3.8, 4) is 0 Å². The number of anilines is 1. The molecule has 0 aliphatic rings. The number of hydrogen-bond acceptors (Lipinski definition) is 2. The Morgan fingerprint density at radius 3 is 2.47 bits per heavy atom. The topological polar surface area (TPSA) is 20.3 Å². The van der Waals surface area contributed by atoms with Crippen LogP contribution in [-0.4, -0.2) is 18.9 Å². The fourth-order valence-corrected chi connectivity index (χ4v) is 2.01. The van der Waals surface area contributed by atoms with Gasteiger partial charge in [-0.05, 0) is 39.0 Å². The second-order valence-corrected chi connectivity index (χ2v) is 4.60. The normalized spacial score (nSPS) is 10.1. The first-order valence-electron chi connectivity index (χ1n) is 5.65. The van der Waals surface area contributed by atoms with Crippen LogP contribution in [0.4, 0.5) is 5.69 Å². The zero-order valence-corrected chi connectivity index (χ0v) is 11.3. The van der Waals surface area contributed by atoms with Crippen LogP contribution in [0.25, 0.3) is 0 Å². The number of rotatable bonds is 5. The molecule has 0 atom stereocenters. The van der Waals surface area contributed by atoms with Crippen LogP contribution in [0, 0.1) is 0 Å². The number of halogens is 1. The molecule has 0 heterocycles. The highest BCUT2D eigenvalue weighted by Gasteiger charge is 2.09. The molecule has 1 rings (SSSR count). The first-order chi connectivity index (χ1) is 7.95. The summed E-state index contributed by atoms with van der Waals surface area (Å²) in [4.78, 5) is 13.4. The molecule has 0 aliphatic heterocycles. The molecule has 1 aromatic rings. The molecule has 0 bridgehead atoms. The van der Waals surface area contributed by atoms with E-state index >= 15 is 0 Å². The van der Waals surface area contributed by atoms with Crippen LogP contribution in [0.1, 0.15) is 31.1 Å². The molecule has 0 fully saturated rings. The molecule has 0 radical (unpaired) electrons. The lowest BCUT2D eigenvalue weighted by atomic mass is 10.1. The van der Waals surface area contributed by atoms with E-state index in [2.05, 4.69) is 18.4 Å². The number of carbonyl (C=O) groups is 1. The summed E-state index contributed by atoms with van der Waals surface area (Å²) in [5.41, 5.74) is 2.69. The van der Waals surface area contributed by atoms with Gasteiger partial charge < -0.3 is 4.90 Å². The van der Waals surface area contributed by atoms with Gasteiger partial charge in [0.15, 0.2) is 5.78 Å². The average molecular weight is 252 g/mol. The van der Waals surface area contributed by atoms with Gasteiger partial charge in [-0.25, -0.2) is 0 Å². The van der Waals surface area contributed by atoms with Gasteiger partial charge >= 0.3 is 0 Å². The van der Waals surface area contributed by atoms with Crippen LogP contribution in [0.5, 0.6) is 0 Å². The zero-order chi connectivity index (χ0) is 13.0. The van der Waals surface area contributed by atoms with Crippen molar-refractivity contribution in [2.24, 2.45) is 0 Å². The van der Waals surface area contributed by atoms with Gasteiger partial charge in [0, 0.05) is 24.3 Å². The second kappa shape index (κ2) is 5.87. The van der Waals surface area contributed by atoms with Crippen molar-refractivity contribution in [2.45, 2.75) is 20.8 Å². The number of hydrogen-bond donors (Lipinski definition) is 0. The van der Waals surface area contributed by atoms with Crippen molar-refractivity contribution >= 4 is 23.1 Å². The standard InChI is InChI=1S/C14H18ClNO/c1-5-16(9-10(2)3)12-6-7-13(11(4)17)14(15)8-12/h6-8H,2,5,9H2,1,3-4H3. The third kappa shape index (κ3) is 3.60. The Morgan fingerprint density at radius 2 is 2.06 bits per heavy atom. The Bertz CT molecular complexity index is 440. The van der Waals surface area contributed by atoms with E-state index in [1.54, 1.807) is 6.07 Å². The summed E-state index contributed by atoms with van der Waals surface area (Å²) in [6.07, 6.45) is 0. The molecule has 0 saturated heterocycles. The largest absolute Gasteiger partial charge is 0.368 e. The predicted octanol–water partition coefficient (Wildman–Crippen LogP) is 3.95. The molecular weight excluding hydrogens is 234 g/mol. The number of Topliss-reactive ketones (excluding diaryl/α,β-unsaturated/α-hetero) is 1. The number of nitrogens with zero attached hydrogens (tertiary/aromatic N) is 1. The molecule has 0 amide bonds. The summed E-state index contributed by atoms with van der Waals surface area (Å²) in [6, 6.07) is 5.54. The van der Waals surface area contributed by atoms with E-state index in [9.17, 15) is 4.79 Å². The lowest BCUT2D eigenvalue weighted by molar-refractivity contribution is 0.101. The monoisotopic (exact) mass is 251 g/mol. The van der Waals surface area contributed by atoms with Gasteiger partial charge in [0.1, 0.15) is 0 Å². The first-order valence-corrected chi connectivity index (χ1v) is 6.03. The molecular formula is C14H18ClNO. The minimum Gasteiger partial charge on any atom is -0.368 e. The van der Waals surface area contributed by atoms with Crippen molar-refractivity contribution in [1.29, 1.82) is 0 Å². The van der Waals surface area contributed by atoms with Crippen LogP contribution in [0.2, 0.25) is 5.02 Å². The molecule has 0 unspecified atom stereocenters. The van der Waals surface area contributed by atoms with Crippen LogP contribution in [-0.2, 0) is 0 Å². The SMILES string of the molecule is C=C(C)CN(CC)c1ccc(C(C)=O)c(Cl)c1. The smallest absolute Gasteiger partial charge is 0.161 e. The van der Waals surface area contributed by atoms with Crippen molar-refractivity contribution in [1.82, 2.24) is 0 Å². The van der Waals surface area contributed by atoms with E-state index in [4.69, 9.17) is 11.6 Å². The van der Waals surface area contributed by atoms with Crippen molar-refractivity contribution in [2.75, 3.05) is 18.0 Å². The highest BCUT2D eigenvalue weighted by atomic mass is 35.5. The highest BCUT2D eigenvalue weighted by Crippen LogP contribution is 2.24. The summed E-state index contributed by atoms with van der Waals surface area (Å²) in [7, 11) is 0. The van der Waals surface area contributed by atoms with Crippen molar-refractivity contribution < 1.29 is 4.79 Å². The van der Waals surface area contributed by atoms with E-state index < -0.39 is 0 Å². The quantitative estimate of drug-likeness (QED) is 0.584. The molecule has 0 spiro atoms. The Hall–Kier alpha value is -1.28. The van der Waals surface area contributed by atoms with Gasteiger partial charge in [0.25, 0.3) is 0 Å². The maximum absolute atomic E-state index is 11.3. The maximum Gasteiger partial charge on any atom is 0.161 e. The summed E-state index contributed by atoms with van der Waals surface area (Å²) in [6.45, 7) is 11.2. The third-order valence-electron chi connectivity index (χ3n) is 2.54. The van der Waals surface area contributed by atoms with Crippen LogP contribution < -0.4 is 4.90 Å². The molecule has 2 nitrogen and oxygen atoms in total. The summed E-state index contributed by atoms with van der Waals surface area (Å²) < 4.78 is 0. The van der Waals surface area contributed by atoms with Gasteiger partial charge in [-0.1, -0.05) is 23.8 Å². The van der Waals surface area contributed by atoms with Crippen LogP contribution in [0.15, 0.2) is 30.4 Å². The Balaban J connectivity index is 3.02. The van der Waals surface area contributed by atoms with E-state index in [1.807, 2.05) is 19.1 Å². The number of carbonyl (C=O) groups excluding carboxylic acids is 1. The van der Waals surface area contributed by atoms with E-state index in [0.717, 1.165) is 24.4 Å². The van der Waals surface area contributed by atoms with Crippen LogP contribution in [0.3, 0.4) is 0 Å². The van der Waals surface area contributed by atoms with E-state index in [1.165, 1.54) is 6.92 Å². The third-order valence-corrected chi connectivity index (χ3v) is 2.85. The van der Waals surface area contributed by atoms with E-state index in [-0.39, 0.29) is 5.78 Å². The Labute approximate surface area is 108 Å². The Kier molecular flexibility index (Phi) is 4.76. The van der Waals surface area contributed by atoms with Crippen LogP contribution >= 0.6 is 11.6 Å². The van der Waals surface area contributed by atoms with Gasteiger partial charge in [-0.2, -0.15) is 0 Å². The van der Waals surface area contributed by atoms with Gasteiger partial charge in [-0.15, -0.1) is 0 Å². The van der Waals surface area contributed by atoms with Crippen molar-refractivity contribution in [3.63, 3.8) is 0 Å². The van der Waals surface area contributed by atoms with Crippen molar-refractivity contribution in [3.05, 3.63) is 40.9 Å².